The van der Waals surface area contributed by atoms with E-state index in [2.05, 4.69) is 29.5 Å². The second kappa shape index (κ2) is 9.11. The lowest BCUT2D eigenvalue weighted by molar-refractivity contribution is -0.162. The van der Waals surface area contributed by atoms with Crippen LogP contribution in [-0.4, -0.2) is 46.6 Å². The first-order valence-electron chi connectivity index (χ1n) is 11.2. The Hall–Kier alpha value is -1.58. The highest BCUT2D eigenvalue weighted by Crippen LogP contribution is 2.36. The predicted molar refractivity (Wildman–Crippen MR) is 120 cm³/mol. The van der Waals surface area contributed by atoms with Crippen molar-refractivity contribution in [3.05, 3.63) is 18.2 Å². The molecule has 3 atom stereocenters. The molecule has 2 aromatic rings. The van der Waals surface area contributed by atoms with Crippen LogP contribution in [0.15, 0.2) is 23.1 Å². The smallest absolute Gasteiger partial charge is 0.309 e. The highest BCUT2D eigenvalue weighted by molar-refractivity contribution is 7.89. The van der Waals surface area contributed by atoms with E-state index in [0.29, 0.717) is 54.7 Å². The molecule has 0 unspecified atom stereocenters. The van der Waals surface area contributed by atoms with Gasteiger partial charge in [0.2, 0.25) is 10.0 Å². The number of rotatable bonds is 5. The van der Waals surface area contributed by atoms with Gasteiger partial charge in [0.1, 0.15) is 22.0 Å². The summed E-state index contributed by atoms with van der Waals surface area (Å²) in [6, 6.07) is 5.03. The van der Waals surface area contributed by atoms with Gasteiger partial charge in [-0.3, -0.25) is 4.79 Å². The molecule has 1 aliphatic carbocycles. The Morgan fingerprint density at radius 1 is 1.16 bits per heavy atom. The molecule has 0 bridgehead atoms. The van der Waals surface area contributed by atoms with E-state index in [1.165, 1.54) is 10.7 Å². The number of nitrogens with zero attached hydrogens (tertiary/aromatic N) is 3. The van der Waals surface area contributed by atoms with E-state index >= 15 is 0 Å². The van der Waals surface area contributed by atoms with Crippen molar-refractivity contribution >= 4 is 38.8 Å². The third-order valence-electron chi connectivity index (χ3n) is 6.88. The molecular formula is C22H31N3O4S2. The number of carbonyl (C=O) groups is 1. The van der Waals surface area contributed by atoms with Gasteiger partial charge < -0.3 is 4.74 Å². The van der Waals surface area contributed by atoms with Gasteiger partial charge in [0.25, 0.3) is 0 Å². The van der Waals surface area contributed by atoms with Gasteiger partial charge in [-0.2, -0.15) is 13.1 Å². The van der Waals surface area contributed by atoms with Crippen molar-refractivity contribution in [3.8, 4) is 0 Å². The van der Waals surface area contributed by atoms with Gasteiger partial charge in [0.05, 0.1) is 17.6 Å². The molecule has 170 valence electrons. The van der Waals surface area contributed by atoms with E-state index < -0.39 is 10.0 Å². The predicted octanol–water partition coefficient (Wildman–Crippen LogP) is 4.10. The summed E-state index contributed by atoms with van der Waals surface area (Å²) in [7, 11) is -3.68. The van der Waals surface area contributed by atoms with Crippen LogP contribution in [0.1, 0.15) is 52.9 Å². The zero-order valence-electron chi connectivity index (χ0n) is 18.4. The number of aromatic nitrogens is 2. The molecule has 7 nitrogen and oxygen atoms in total. The monoisotopic (exact) mass is 465 g/mol. The Labute approximate surface area is 188 Å². The maximum Gasteiger partial charge on any atom is 0.309 e. The van der Waals surface area contributed by atoms with Gasteiger partial charge in [-0.1, -0.05) is 33.3 Å². The second-order valence-electron chi connectivity index (χ2n) is 9.37. The fourth-order valence-electron chi connectivity index (χ4n) is 4.96. The minimum absolute atomic E-state index is 0.0206. The second-order valence-corrected chi connectivity index (χ2v) is 11.8. The average Bonchev–Trinajstić information content (AvgIpc) is 3.22. The molecule has 31 heavy (non-hydrogen) atoms. The van der Waals surface area contributed by atoms with Crippen LogP contribution in [0.4, 0.5) is 0 Å². The van der Waals surface area contributed by atoms with E-state index in [1.807, 2.05) is 0 Å². The molecule has 2 fully saturated rings. The molecule has 1 aliphatic heterocycles. The Bertz CT molecular complexity index is 1030. The van der Waals surface area contributed by atoms with Crippen molar-refractivity contribution in [3.63, 3.8) is 0 Å². The lowest BCUT2D eigenvalue weighted by Gasteiger charge is -2.38. The average molecular weight is 466 g/mol. The van der Waals surface area contributed by atoms with Crippen LogP contribution in [0.3, 0.4) is 0 Å². The lowest BCUT2D eigenvalue weighted by Crippen LogP contribution is -2.42. The fourth-order valence-corrected chi connectivity index (χ4v) is 7.18. The summed E-state index contributed by atoms with van der Waals surface area (Å²) in [5, 5.41) is 0. The zero-order valence-corrected chi connectivity index (χ0v) is 20.0. The van der Waals surface area contributed by atoms with Gasteiger partial charge in [0.15, 0.2) is 0 Å². The highest BCUT2D eigenvalue weighted by Gasteiger charge is 2.37. The van der Waals surface area contributed by atoms with Gasteiger partial charge >= 0.3 is 5.97 Å². The Morgan fingerprint density at radius 3 is 2.61 bits per heavy atom. The number of ether oxygens (including phenoxy) is 1. The van der Waals surface area contributed by atoms with Crippen LogP contribution in [0, 0.1) is 23.7 Å². The molecule has 0 radical (unpaired) electrons. The summed E-state index contributed by atoms with van der Waals surface area (Å²) in [4.78, 5) is 13.1. The molecule has 1 saturated carbocycles. The molecule has 0 amide bonds. The SMILES string of the molecule is CC(C)[C@H]1CC[C@H](C)C[C@H]1OC(=O)C1CCN(S(=O)(=O)c2cccc3nsnc23)CC1. The fraction of sp³-hybridized carbons (Fsp3) is 0.682. The number of piperidine rings is 1. The molecule has 1 saturated heterocycles. The van der Waals surface area contributed by atoms with Gasteiger partial charge in [-0.05, 0) is 55.6 Å². The van der Waals surface area contributed by atoms with Crippen molar-refractivity contribution in [1.29, 1.82) is 0 Å². The van der Waals surface area contributed by atoms with Gasteiger partial charge in [-0.25, -0.2) is 8.42 Å². The van der Waals surface area contributed by atoms with Crippen LogP contribution < -0.4 is 0 Å². The molecule has 2 aliphatic rings. The molecule has 2 heterocycles. The van der Waals surface area contributed by atoms with Crippen LogP contribution in [-0.2, 0) is 19.6 Å². The first-order chi connectivity index (χ1) is 14.8. The van der Waals surface area contributed by atoms with E-state index in [0.717, 1.165) is 24.6 Å². The minimum atomic E-state index is -3.68. The number of hydrogen-bond donors (Lipinski definition) is 0. The van der Waals surface area contributed by atoms with Crippen molar-refractivity contribution in [2.45, 2.75) is 63.9 Å². The van der Waals surface area contributed by atoms with Gasteiger partial charge in [0, 0.05) is 13.1 Å². The van der Waals surface area contributed by atoms with Crippen molar-refractivity contribution in [2.75, 3.05) is 13.1 Å². The first kappa shape index (κ1) is 22.6. The first-order valence-corrected chi connectivity index (χ1v) is 13.4. The largest absolute Gasteiger partial charge is 0.462 e. The third kappa shape index (κ3) is 4.64. The molecule has 0 spiro atoms. The van der Waals surface area contributed by atoms with Crippen LogP contribution in [0.2, 0.25) is 0 Å². The topological polar surface area (TPSA) is 89.5 Å². The molecule has 4 rings (SSSR count). The number of esters is 1. The zero-order chi connectivity index (χ0) is 22.2. The van der Waals surface area contributed by atoms with Gasteiger partial charge in [-0.15, -0.1) is 0 Å². The summed E-state index contributed by atoms with van der Waals surface area (Å²) in [5.41, 5.74) is 1.01. The molecule has 9 heteroatoms. The number of carbonyl (C=O) groups excluding carboxylic acids is 1. The maximum atomic E-state index is 13.2. The normalized spacial score (nSPS) is 26.4. The quantitative estimate of drug-likeness (QED) is 0.618. The molecule has 0 N–H and O–H groups in total. The van der Waals surface area contributed by atoms with Crippen LogP contribution >= 0.6 is 11.7 Å². The van der Waals surface area contributed by atoms with Crippen molar-refractivity contribution in [2.24, 2.45) is 23.7 Å². The number of fused-ring (bicyclic) bond motifs is 1. The lowest BCUT2D eigenvalue weighted by atomic mass is 9.75. The molecule has 1 aromatic heterocycles. The highest BCUT2D eigenvalue weighted by atomic mass is 32.2. The number of benzene rings is 1. The summed E-state index contributed by atoms with van der Waals surface area (Å²) in [5.74, 6) is 1.07. The standard InChI is InChI=1S/C22H31N3O4S2/c1-14(2)17-8-7-15(3)13-19(17)29-22(26)16-9-11-25(12-10-16)31(27,28)20-6-4-5-18-21(20)24-30-23-18/h4-6,14-17,19H,7-13H2,1-3H3/t15-,17+,19+/m0/s1. The Morgan fingerprint density at radius 2 is 1.90 bits per heavy atom. The number of hydrogen-bond acceptors (Lipinski definition) is 7. The van der Waals surface area contributed by atoms with Crippen LogP contribution in [0.25, 0.3) is 11.0 Å². The Kier molecular flexibility index (Phi) is 6.65. The number of sulfonamides is 1. The van der Waals surface area contributed by atoms with Crippen molar-refractivity contribution in [1.82, 2.24) is 13.1 Å². The molecule has 1 aromatic carbocycles. The minimum Gasteiger partial charge on any atom is -0.462 e. The summed E-state index contributed by atoms with van der Waals surface area (Å²) < 4.78 is 42.2. The van der Waals surface area contributed by atoms with E-state index in [1.54, 1.807) is 18.2 Å². The third-order valence-corrected chi connectivity index (χ3v) is 9.36. The summed E-state index contributed by atoms with van der Waals surface area (Å²) in [6.07, 6.45) is 4.16. The molecular weight excluding hydrogens is 434 g/mol. The summed E-state index contributed by atoms with van der Waals surface area (Å²) >= 11 is 1.01. The summed E-state index contributed by atoms with van der Waals surface area (Å²) in [6.45, 7) is 7.24. The van der Waals surface area contributed by atoms with Crippen LogP contribution in [0.5, 0.6) is 0 Å². The van der Waals surface area contributed by atoms with E-state index in [9.17, 15) is 13.2 Å². The Balaban J connectivity index is 1.40. The van der Waals surface area contributed by atoms with E-state index in [4.69, 9.17) is 4.74 Å². The van der Waals surface area contributed by atoms with E-state index in [-0.39, 0.29) is 22.9 Å². The van der Waals surface area contributed by atoms with Crippen molar-refractivity contribution < 1.29 is 17.9 Å². The maximum absolute atomic E-state index is 13.2.